The molecule has 3 aliphatic rings. The summed E-state index contributed by atoms with van der Waals surface area (Å²) in [6.45, 7) is 7.23. The molecule has 7 rings (SSSR count). The molecule has 0 unspecified atom stereocenters. The maximum atomic E-state index is 14.2. The van der Waals surface area contributed by atoms with Crippen molar-refractivity contribution in [3.63, 3.8) is 0 Å². The fourth-order valence-corrected chi connectivity index (χ4v) is 7.13. The lowest BCUT2D eigenvalue weighted by Crippen LogP contribution is -2.45. The van der Waals surface area contributed by atoms with Crippen molar-refractivity contribution in [1.82, 2.24) is 29.7 Å². The van der Waals surface area contributed by atoms with Crippen molar-refractivity contribution in [2.24, 2.45) is 7.05 Å². The van der Waals surface area contributed by atoms with Gasteiger partial charge in [0.05, 0.1) is 22.4 Å². The average Bonchev–Trinajstić information content (AvgIpc) is 3.72. The normalized spacial score (nSPS) is 16.1. The van der Waals surface area contributed by atoms with E-state index in [1.807, 2.05) is 34.7 Å². The Labute approximate surface area is 300 Å². The van der Waals surface area contributed by atoms with E-state index in [1.165, 1.54) is 11.0 Å². The predicted molar refractivity (Wildman–Crippen MR) is 193 cm³/mol. The number of urea groups is 1. The van der Waals surface area contributed by atoms with E-state index in [1.54, 1.807) is 25.4 Å². The third-order valence-corrected chi connectivity index (χ3v) is 10.0. The van der Waals surface area contributed by atoms with Crippen molar-refractivity contribution in [3.05, 3.63) is 87.7 Å². The summed E-state index contributed by atoms with van der Waals surface area (Å²) in [5, 5.41) is 8.54. The number of piperazine rings is 1. The Morgan fingerprint density at radius 2 is 1.79 bits per heavy atom. The van der Waals surface area contributed by atoms with Crippen molar-refractivity contribution < 1.29 is 22.8 Å². The highest BCUT2D eigenvalue weighted by atomic mass is 19.4. The molecule has 0 aliphatic carbocycles. The lowest BCUT2D eigenvalue weighted by molar-refractivity contribution is -0.138. The topological polar surface area (TPSA) is 111 Å². The summed E-state index contributed by atoms with van der Waals surface area (Å²) in [5.41, 5.74) is 5.34. The largest absolute Gasteiger partial charge is 0.416 e. The molecule has 0 saturated carbocycles. The van der Waals surface area contributed by atoms with Crippen molar-refractivity contribution in [2.75, 3.05) is 68.4 Å². The van der Waals surface area contributed by atoms with Crippen molar-refractivity contribution >= 4 is 29.3 Å². The molecule has 3 N–H and O–H groups in total. The smallest absolute Gasteiger partial charge is 0.357 e. The highest BCUT2D eigenvalue weighted by molar-refractivity contribution is 6.03. The number of hydrogen-bond donors (Lipinski definition) is 3. The van der Waals surface area contributed by atoms with Crippen LogP contribution < -0.4 is 20.9 Å². The van der Waals surface area contributed by atoms with Crippen molar-refractivity contribution in [3.8, 4) is 23.2 Å². The number of aromatic nitrogens is 3. The standard InChI is InChI=1S/C38H40F3N9O2/c1-4-48-15-17-49(18-16-48)23-27-8-9-28(20-30(27)38(39,40)41)45-37(52)50-14-12-25-19-24(6-10-31(25)50)5-7-26-22-44-36(42-2)46-34(26)33-21-29-32(47(33)3)11-13-43-35(29)51/h6,8-10,19-22H,4,11-18,23H2,1-3H3,(H,43,51)(H,45,52)(H,42,44,46). The molecule has 2 aromatic heterocycles. The van der Waals surface area contributed by atoms with Gasteiger partial charge in [0.15, 0.2) is 0 Å². The first-order chi connectivity index (χ1) is 25.0. The Hall–Kier alpha value is -5.39. The van der Waals surface area contributed by atoms with Crippen LogP contribution >= 0.6 is 0 Å². The molecule has 1 saturated heterocycles. The Morgan fingerprint density at radius 1 is 1.00 bits per heavy atom. The number of rotatable bonds is 6. The number of anilines is 3. The summed E-state index contributed by atoms with van der Waals surface area (Å²) in [5.74, 6) is 6.71. The molecular weight excluding hydrogens is 671 g/mol. The van der Waals surface area contributed by atoms with Gasteiger partial charge in [-0.1, -0.05) is 24.8 Å². The molecule has 11 nitrogen and oxygen atoms in total. The van der Waals surface area contributed by atoms with E-state index in [0.29, 0.717) is 67.5 Å². The molecule has 0 atom stereocenters. The Morgan fingerprint density at radius 3 is 2.52 bits per heavy atom. The lowest BCUT2D eigenvalue weighted by Gasteiger charge is -2.34. The van der Waals surface area contributed by atoms with Crippen LogP contribution in [0.1, 0.15) is 50.8 Å². The van der Waals surface area contributed by atoms with Gasteiger partial charge in [0.1, 0.15) is 5.69 Å². The Bertz CT molecular complexity index is 2090. The van der Waals surface area contributed by atoms with Gasteiger partial charge in [-0.25, -0.2) is 14.8 Å². The number of nitrogens with zero attached hydrogens (tertiary/aromatic N) is 6. The minimum absolute atomic E-state index is 0.0924. The summed E-state index contributed by atoms with van der Waals surface area (Å²) in [4.78, 5) is 40.8. The fraction of sp³-hybridized carbons (Fsp3) is 0.368. The molecule has 0 radical (unpaired) electrons. The first kappa shape index (κ1) is 35.0. The van der Waals surface area contributed by atoms with Gasteiger partial charge >= 0.3 is 12.2 Å². The predicted octanol–water partition coefficient (Wildman–Crippen LogP) is 4.96. The maximum Gasteiger partial charge on any atom is 0.416 e. The lowest BCUT2D eigenvalue weighted by atomic mass is 10.0. The molecule has 1 fully saturated rings. The van der Waals surface area contributed by atoms with Gasteiger partial charge in [0.25, 0.3) is 5.91 Å². The molecule has 3 amide bonds. The van der Waals surface area contributed by atoms with Crippen LogP contribution in [0.15, 0.2) is 48.7 Å². The zero-order valence-electron chi connectivity index (χ0n) is 29.3. The van der Waals surface area contributed by atoms with Gasteiger partial charge < -0.3 is 25.4 Å². The zero-order chi connectivity index (χ0) is 36.6. The summed E-state index contributed by atoms with van der Waals surface area (Å²) < 4.78 is 44.5. The molecule has 0 bridgehead atoms. The number of nitrogens with one attached hydrogen (secondary N) is 3. The molecule has 270 valence electrons. The second-order valence-electron chi connectivity index (χ2n) is 13.2. The number of halogens is 3. The molecule has 4 aromatic rings. The van der Waals surface area contributed by atoms with Gasteiger partial charge in [-0.2, -0.15) is 13.2 Å². The highest BCUT2D eigenvalue weighted by Gasteiger charge is 2.35. The number of benzene rings is 2. The van der Waals surface area contributed by atoms with Crippen LogP contribution in [0.25, 0.3) is 11.4 Å². The molecular formula is C38H40F3N9O2. The third kappa shape index (κ3) is 7.06. The summed E-state index contributed by atoms with van der Waals surface area (Å²) >= 11 is 0. The molecule has 52 heavy (non-hydrogen) atoms. The van der Waals surface area contributed by atoms with E-state index in [2.05, 4.69) is 49.6 Å². The Balaban J connectivity index is 1.08. The SMILES string of the molecule is CCN1CCN(Cc2ccc(NC(=O)N3CCc4cc(C#Cc5cnc(NC)nc5-c5cc6c(n5C)CCNC6=O)ccc43)cc2C(F)(F)F)CC1. The molecule has 5 heterocycles. The van der Waals surface area contributed by atoms with Crippen LogP contribution in [0.3, 0.4) is 0 Å². The third-order valence-electron chi connectivity index (χ3n) is 10.0. The first-order valence-electron chi connectivity index (χ1n) is 17.4. The van der Waals surface area contributed by atoms with Crippen LogP contribution in [-0.4, -0.2) is 89.1 Å². The summed E-state index contributed by atoms with van der Waals surface area (Å²) in [7, 11) is 3.64. The molecule has 0 spiro atoms. The van der Waals surface area contributed by atoms with Crippen molar-refractivity contribution in [1.29, 1.82) is 0 Å². The first-order valence-corrected chi connectivity index (χ1v) is 17.4. The monoisotopic (exact) mass is 711 g/mol. The number of hydrogen-bond acceptors (Lipinski definition) is 7. The van der Waals surface area contributed by atoms with Crippen LogP contribution in [0.2, 0.25) is 0 Å². The number of likely N-dealkylation sites (N-methyl/N-ethyl adjacent to an activating group) is 1. The second kappa shape index (κ2) is 14.3. The van der Waals surface area contributed by atoms with Gasteiger partial charge in [0, 0.05) is 95.2 Å². The van der Waals surface area contributed by atoms with Crippen LogP contribution in [0.5, 0.6) is 0 Å². The number of fused-ring (bicyclic) bond motifs is 2. The quantitative estimate of drug-likeness (QED) is 0.243. The van der Waals surface area contributed by atoms with E-state index in [-0.39, 0.29) is 23.7 Å². The molecule has 14 heteroatoms. The van der Waals surface area contributed by atoms with Gasteiger partial charge in [0.2, 0.25) is 5.95 Å². The van der Waals surface area contributed by atoms with Gasteiger partial charge in [-0.05, 0) is 60.5 Å². The van der Waals surface area contributed by atoms with Crippen LogP contribution in [-0.2, 0) is 32.6 Å². The van der Waals surface area contributed by atoms with E-state index < -0.39 is 17.8 Å². The molecule has 3 aliphatic heterocycles. The van der Waals surface area contributed by atoms with E-state index in [0.717, 1.165) is 48.2 Å². The molecule has 2 aromatic carbocycles. The van der Waals surface area contributed by atoms with Crippen molar-refractivity contribution in [2.45, 2.75) is 32.5 Å². The second-order valence-corrected chi connectivity index (χ2v) is 13.2. The summed E-state index contributed by atoms with van der Waals surface area (Å²) in [6.07, 6.45) is -1.63. The average molecular weight is 712 g/mol. The van der Waals surface area contributed by atoms with Gasteiger partial charge in [-0.3, -0.25) is 14.6 Å². The van der Waals surface area contributed by atoms with E-state index in [4.69, 9.17) is 0 Å². The van der Waals surface area contributed by atoms with E-state index >= 15 is 0 Å². The van der Waals surface area contributed by atoms with E-state index in [9.17, 15) is 22.8 Å². The fourth-order valence-electron chi connectivity index (χ4n) is 7.13. The number of carbonyl (C=O) groups is 2. The number of alkyl halides is 3. The number of amides is 3. The summed E-state index contributed by atoms with van der Waals surface area (Å²) in [6, 6.07) is 10.9. The minimum atomic E-state index is -4.56. The van der Waals surface area contributed by atoms with Gasteiger partial charge in [-0.15, -0.1) is 0 Å². The van der Waals surface area contributed by atoms with Crippen LogP contribution in [0.4, 0.5) is 35.3 Å². The minimum Gasteiger partial charge on any atom is -0.357 e. The Kier molecular flexibility index (Phi) is 9.65. The number of carbonyl (C=O) groups excluding carboxylic acids is 2. The van der Waals surface area contributed by atoms with Crippen LogP contribution in [0, 0.1) is 11.8 Å². The maximum absolute atomic E-state index is 14.2. The highest BCUT2D eigenvalue weighted by Crippen LogP contribution is 2.36. The zero-order valence-corrected chi connectivity index (χ0v) is 29.3.